The number of aryl methyl sites for hydroxylation is 2. The van der Waals surface area contributed by atoms with Crippen LogP contribution in [-0.2, 0) is 17.6 Å². The lowest BCUT2D eigenvalue weighted by Crippen LogP contribution is -2.32. The van der Waals surface area contributed by atoms with Gasteiger partial charge in [0.2, 0.25) is 11.8 Å². The van der Waals surface area contributed by atoms with Gasteiger partial charge in [-0.3, -0.25) is 4.79 Å². The molecule has 1 saturated heterocycles. The Balaban J connectivity index is 1.47. The number of aromatic nitrogens is 2. The van der Waals surface area contributed by atoms with Gasteiger partial charge in [0.1, 0.15) is 17.6 Å². The Morgan fingerprint density at radius 2 is 2.25 bits per heavy atom. The molecule has 1 fully saturated rings. The van der Waals surface area contributed by atoms with Crippen molar-refractivity contribution in [3.63, 3.8) is 0 Å². The third-order valence-corrected chi connectivity index (χ3v) is 6.08. The number of rotatable bonds is 5. The van der Waals surface area contributed by atoms with Crippen LogP contribution < -0.4 is 0 Å². The predicted octanol–water partition coefficient (Wildman–Crippen LogP) is 4.38. The molecule has 2 aromatic heterocycles. The lowest BCUT2D eigenvalue weighted by molar-refractivity contribution is -0.131. The van der Waals surface area contributed by atoms with Crippen LogP contribution in [0.25, 0.3) is 0 Å². The SMILES string of the molecule is Cc1nc(C)c(CC(=O)N2CCC[C@@H]2c2ncc(Cc3cccc(F)c3)o2)s1. The highest BCUT2D eigenvalue weighted by atomic mass is 32.1. The summed E-state index contributed by atoms with van der Waals surface area (Å²) in [5.74, 6) is 1.06. The van der Waals surface area contributed by atoms with Gasteiger partial charge in [0.15, 0.2) is 0 Å². The molecule has 3 aromatic rings. The fourth-order valence-corrected chi connectivity index (χ4v) is 4.63. The smallest absolute Gasteiger partial charge is 0.228 e. The zero-order valence-corrected chi connectivity index (χ0v) is 16.8. The molecule has 5 nitrogen and oxygen atoms in total. The lowest BCUT2D eigenvalue weighted by Gasteiger charge is -2.22. The average Bonchev–Trinajstić information content (AvgIpc) is 3.35. The van der Waals surface area contributed by atoms with Crippen LogP contribution in [0.5, 0.6) is 0 Å². The van der Waals surface area contributed by atoms with E-state index in [1.165, 1.54) is 12.1 Å². The minimum atomic E-state index is -0.265. The fraction of sp³-hybridized carbons (Fsp3) is 0.381. The molecular formula is C21H22FN3O2S. The van der Waals surface area contributed by atoms with Crippen LogP contribution >= 0.6 is 11.3 Å². The highest BCUT2D eigenvalue weighted by Gasteiger charge is 2.33. The van der Waals surface area contributed by atoms with Crippen molar-refractivity contribution in [1.29, 1.82) is 0 Å². The third kappa shape index (κ3) is 3.99. The molecule has 1 aromatic carbocycles. The Labute approximate surface area is 167 Å². The van der Waals surface area contributed by atoms with Crippen LogP contribution in [0.4, 0.5) is 4.39 Å². The van der Waals surface area contributed by atoms with Crippen LogP contribution in [0.2, 0.25) is 0 Å². The number of oxazole rings is 1. The molecule has 0 aliphatic carbocycles. The molecule has 1 aliphatic heterocycles. The van der Waals surface area contributed by atoms with Gasteiger partial charge in [-0.05, 0) is 44.4 Å². The highest BCUT2D eigenvalue weighted by Crippen LogP contribution is 2.33. The van der Waals surface area contributed by atoms with Gasteiger partial charge in [-0.2, -0.15) is 0 Å². The molecule has 0 spiro atoms. The van der Waals surface area contributed by atoms with Gasteiger partial charge in [0, 0.05) is 17.8 Å². The van der Waals surface area contributed by atoms with Crippen LogP contribution in [0.15, 0.2) is 34.9 Å². The van der Waals surface area contributed by atoms with Gasteiger partial charge in [0.05, 0.1) is 23.3 Å². The Bertz CT molecular complexity index is 997. The molecule has 0 unspecified atom stereocenters. The van der Waals surface area contributed by atoms with Crippen molar-refractivity contribution >= 4 is 17.2 Å². The zero-order valence-electron chi connectivity index (χ0n) is 15.9. The minimum Gasteiger partial charge on any atom is -0.443 e. The summed E-state index contributed by atoms with van der Waals surface area (Å²) in [6, 6.07) is 6.32. The van der Waals surface area contributed by atoms with Gasteiger partial charge in [-0.1, -0.05) is 12.1 Å². The molecule has 0 radical (unpaired) electrons. The second kappa shape index (κ2) is 7.83. The maximum absolute atomic E-state index is 13.4. The van der Waals surface area contributed by atoms with Crippen molar-refractivity contribution in [3.05, 3.63) is 69.1 Å². The Hall–Kier alpha value is -2.54. The van der Waals surface area contributed by atoms with Crippen molar-refractivity contribution in [3.8, 4) is 0 Å². The summed E-state index contributed by atoms with van der Waals surface area (Å²) >= 11 is 1.58. The number of benzene rings is 1. The van der Waals surface area contributed by atoms with Crippen LogP contribution in [0, 0.1) is 19.7 Å². The van der Waals surface area contributed by atoms with E-state index in [9.17, 15) is 9.18 Å². The maximum atomic E-state index is 13.4. The van der Waals surface area contributed by atoms with Crippen molar-refractivity contribution in [1.82, 2.24) is 14.9 Å². The summed E-state index contributed by atoms with van der Waals surface area (Å²) in [6.07, 6.45) is 4.29. The molecular weight excluding hydrogens is 377 g/mol. The number of likely N-dealkylation sites (tertiary alicyclic amines) is 1. The predicted molar refractivity (Wildman–Crippen MR) is 105 cm³/mol. The van der Waals surface area contributed by atoms with E-state index >= 15 is 0 Å². The molecule has 0 saturated carbocycles. The number of carbonyl (C=O) groups is 1. The first kappa shape index (κ1) is 18.8. The molecule has 0 bridgehead atoms. The average molecular weight is 399 g/mol. The minimum absolute atomic E-state index is 0.0825. The maximum Gasteiger partial charge on any atom is 0.228 e. The summed E-state index contributed by atoms with van der Waals surface area (Å²) in [5.41, 5.74) is 1.76. The van der Waals surface area contributed by atoms with Crippen molar-refractivity contribution in [2.75, 3.05) is 6.54 Å². The van der Waals surface area contributed by atoms with E-state index in [0.29, 0.717) is 31.0 Å². The van der Waals surface area contributed by atoms with E-state index < -0.39 is 0 Å². The molecule has 1 atom stereocenters. The number of amides is 1. The number of carbonyl (C=O) groups excluding carboxylic acids is 1. The molecule has 28 heavy (non-hydrogen) atoms. The standard InChI is InChI=1S/C21H22FN3O2S/c1-13-19(28-14(2)24-13)11-20(26)25-8-4-7-18(25)21-23-12-17(27-21)10-15-5-3-6-16(22)9-15/h3,5-6,9,12,18H,4,7-8,10-11H2,1-2H3/t18-/m1/s1. The van der Waals surface area contributed by atoms with E-state index in [1.54, 1.807) is 23.6 Å². The Kier molecular flexibility index (Phi) is 5.26. The van der Waals surface area contributed by atoms with Gasteiger partial charge >= 0.3 is 0 Å². The van der Waals surface area contributed by atoms with E-state index in [2.05, 4.69) is 9.97 Å². The summed E-state index contributed by atoms with van der Waals surface area (Å²) in [4.78, 5) is 24.6. The third-order valence-electron chi connectivity index (χ3n) is 5.01. The zero-order chi connectivity index (χ0) is 19.7. The van der Waals surface area contributed by atoms with Crippen molar-refractivity contribution in [2.24, 2.45) is 0 Å². The highest BCUT2D eigenvalue weighted by molar-refractivity contribution is 7.11. The lowest BCUT2D eigenvalue weighted by atomic mass is 10.1. The quantitative estimate of drug-likeness (QED) is 0.639. The van der Waals surface area contributed by atoms with E-state index in [-0.39, 0.29) is 17.8 Å². The number of nitrogens with zero attached hydrogens (tertiary/aromatic N) is 3. The molecule has 1 aliphatic rings. The van der Waals surface area contributed by atoms with Crippen LogP contribution in [0.3, 0.4) is 0 Å². The second-order valence-electron chi connectivity index (χ2n) is 7.13. The molecule has 7 heteroatoms. The normalized spacial score (nSPS) is 16.7. The second-order valence-corrected chi connectivity index (χ2v) is 8.42. The molecule has 0 N–H and O–H groups in total. The van der Waals surface area contributed by atoms with Gasteiger partial charge < -0.3 is 9.32 Å². The van der Waals surface area contributed by atoms with E-state index in [4.69, 9.17) is 4.42 Å². The first-order chi connectivity index (χ1) is 13.5. The molecule has 1 amide bonds. The summed E-state index contributed by atoms with van der Waals surface area (Å²) in [5, 5.41) is 0.980. The largest absolute Gasteiger partial charge is 0.443 e. The monoisotopic (exact) mass is 399 g/mol. The van der Waals surface area contributed by atoms with Crippen molar-refractivity contribution < 1.29 is 13.6 Å². The van der Waals surface area contributed by atoms with Gasteiger partial charge in [0.25, 0.3) is 0 Å². The van der Waals surface area contributed by atoms with Crippen LogP contribution in [0.1, 0.15) is 51.7 Å². The summed E-state index contributed by atoms with van der Waals surface area (Å²) in [7, 11) is 0. The molecule has 3 heterocycles. The van der Waals surface area contributed by atoms with Gasteiger partial charge in [-0.15, -0.1) is 11.3 Å². The fourth-order valence-electron chi connectivity index (χ4n) is 3.70. The van der Waals surface area contributed by atoms with E-state index in [1.807, 2.05) is 24.8 Å². The van der Waals surface area contributed by atoms with E-state index in [0.717, 1.165) is 34.0 Å². The Morgan fingerprint density at radius 1 is 1.39 bits per heavy atom. The number of hydrogen-bond acceptors (Lipinski definition) is 5. The van der Waals surface area contributed by atoms with Crippen LogP contribution in [-0.4, -0.2) is 27.3 Å². The van der Waals surface area contributed by atoms with Gasteiger partial charge in [-0.25, -0.2) is 14.4 Å². The summed E-state index contributed by atoms with van der Waals surface area (Å²) in [6.45, 7) is 4.61. The summed E-state index contributed by atoms with van der Waals surface area (Å²) < 4.78 is 19.3. The van der Waals surface area contributed by atoms with Crippen molar-refractivity contribution in [2.45, 2.75) is 45.6 Å². The first-order valence-electron chi connectivity index (χ1n) is 9.41. The number of hydrogen-bond donors (Lipinski definition) is 0. The number of thiazole rings is 1. The number of halogens is 1. The molecule has 146 valence electrons. The Morgan fingerprint density at radius 3 is 3.00 bits per heavy atom. The topological polar surface area (TPSA) is 59.2 Å². The first-order valence-corrected chi connectivity index (χ1v) is 10.2. The molecule has 4 rings (SSSR count).